The Balaban J connectivity index is 1.66. The molecular formula is C18H26N4O3. The molecule has 25 heavy (non-hydrogen) atoms. The van der Waals surface area contributed by atoms with Crippen LogP contribution in [0.3, 0.4) is 0 Å². The number of carbonyl (C=O) groups excluding carboxylic acids is 1. The molecule has 0 bridgehead atoms. The second kappa shape index (κ2) is 7.49. The normalized spacial score (nSPS) is 18.8. The van der Waals surface area contributed by atoms with Crippen LogP contribution in [0.2, 0.25) is 0 Å². The molecule has 7 nitrogen and oxygen atoms in total. The van der Waals surface area contributed by atoms with Gasteiger partial charge in [-0.2, -0.15) is 0 Å². The Labute approximate surface area is 147 Å². The number of amides is 1. The lowest BCUT2D eigenvalue weighted by Gasteiger charge is -2.33. The molecule has 0 spiro atoms. The summed E-state index contributed by atoms with van der Waals surface area (Å²) in [6.45, 7) is 12.1. The fourth-order valence-corrected chi connectivity index (χ4v) is 3.28. The van der Waals surface area contributed by atoms with Gasteiger partial charge in [-0.25, -0.2) is 4.98 Å². The van der Waals surface area contributed by atoms with Gasteiger partial charge >= 0.3 is 0 Å². The number of aryl methyl sites for hydroxylation is 2. The highest BCUT2D eigenvalue weighted by Gasteiger charge is 2.23. The average Bonchev–Trinajstić information content (AvgIpc) is 2.92. The highest BCUT2D eigenvalue weighted by molar-refractivity contribution is 6.06. The maximum atomic E-state index is 12.7. The predicted molar refractivity (Wildman–Crippen MR) is 94.6 cm³/mol. The molecule has 1 unspecified atom stereocenters. The second-order valence-corrected chi connectivity index (χ2v) is 7.12. The number of morpholine rings is 1. The summed E-state index contributed by atoms with van der Waals surface area (Å²) in [4.78, 5) is 19.4. The fraction of sp³-hybridized carbons (Fsp3) is 0.611. The van der Waals surface area contributed by atoms with Crippen molar-refractivity contribution in [2.45, 2.75) is 33.8 Å². The first kappa shape index (κ1) is 17.8. The molecular weight excluding hydrogens is 320 g/mol. The van der Waals surface area contributed by atoms with E-state index in [1.807, 2.05) is 13.8 Å². The Bertz CT molecular complexity index is 756. The summed E-state index contributed by atoms with van der Waals surface area (Å²) in [6, 6.07) is 1.77. The van der Waals surface area contributed by atoms with Crippen LogP contribution in [-0.2, 0) is 4.74 Å². The van der Waals surface area contributed by atoms with Gasteiger partial charge in [-0.05, 0) is 25.8 Å². The van der Waals surface area contributed by atoms with Crippen LogP contribution in [-0.4, -0.2) is 59.8 Å². The highest BCUT2D eigenvalue weighted by Crippen LogP contribution is 2.21. The molecule has 3 heterocycles. The van der Waals surface area contributed by atoms with Crippen LogP contribution in [0.4, 0.5) is 0 Å². The number of aromatic nitrogens is 2. The Morgan fingerprint density at radius 3 is 3.00 bits per heavy atom. The SMILES string of the molecule is Cc1cc(C(=O)NCC2CN(CC(C)C)CCO2)c2c(C)noc2n1. The minimum absolute atomic E-state index is 0.0125. The molecule has 1 saturated heterocycles. The van der Waals surface area contributed by atoms with Crippen LogP contribution in [0.5, 0.6) is 0 Å². The summed E-state index contributed by atoms with van der Waals surface area (Å²) in [5.74, 6) is 0.476. The van der Waals surface area contributed by atoms with Crippen LogP contribution < -0.4 is 5.32 Å². The van der Waals surface area contributed by atoms with E-state index in [0.29, 0.717) is 41.4 Å². The van der Waals surface area contributed by atoms with E-state index < -0.39 is 0 Å². The molecule has 2 aromatic rings. The predicted octanol–water partition coefficient (Wildman–Crippen LogP) is 1.93. The van der Waals surface area contributed by atoms with Crippen molar-refractivity contribution in [3.8, 4) is 0 Å². The molecule has 0 saturated carbocycles. The maximum Gasteiger partial charge on any atom is 0.258 e. The summed E-state index contributed by atoms with van der Waals surface area (Å²) in [6.07, 6.45) is 0.0125. The molecule has 1 aliphatic rings. The molecule has 0 radical (unpaired) electrons. The Morgan fingerprint density at radius 2 is 2.24 bits per heavy atom. The first-order chi connectivity index (χ1) is 11.9. The molecule has 136 valence electrons. The molecule has 1 N–H and O–H groups in total. The summed E-state index contributed by atoms with van der Waals surface area (Å²) >= 11 is 0. The molecule has 2 aromatic heterocycles. The minimum Gasteiger partial charge on any atom is -0.374 e. The van der Waals surface area contributed by atoms with E-state index in [4.69, 9.17) is 9.26 Å². The van der Waals surface area contributed by atoms with Gasteiger partial charge in [0.1, 0.15) is 0 Å². The third-order valence-corrected chi connectivity index (χ3v) is 4.33. The zero-order valence-corrected chi connectivity index (χ0v) is 15.3. The number of hydrogen-bond donors (Lipinski definition) is 1. The minimum atomic E-state index is -0.147. The van der Waals surface area contributed by atoms with Gasteiger partial charge in [0.25, 0.3) is 11.6 Å². The first-order valence-electron chi connectivity index (χ1n) is 8.80. The maximum absolute atomic E-state index is 12.7. The third-order valence-electron chi connectivity index (χ3n) is 4.33. The van der Waals surface area contributed by atoms with Crippen molar-refractivity contribution in [2.24, 2.45) is 5.92 Å². The zero-order chi connectivity index (χ0) is 18.0. The van der Waals surface area contributed by atoms with Gasteiger partial charge in [0, 0.05) is 31.9 Å². The quantitative estimate of drug-likeness (QED) is 0.891. The van der Waals surface area contributed by atoms with E-state index in [1.165, 1.54) is 0 Å². The van der Waals surface area contributed by atoms with Gasteiger partial charge in [0.15, 0.2) is 0 Å². The number of pyridine rings is 1. The molecule has 7 heteroatoms. The monoisotopic (exact) mass is 346 g/mol. The molecule has 0 aliphatic carbocycles. The second-order valence-electron chi connectivity index (χ2n) is 7.12. The molecule has 1 amide bonds. The lowest BCUT2D eigenvalue weighted by molar-refractivity contribution is -0.0295. The van der Waals surface area contributed by atoms with Crippen LogP contribution >= 0.6 is 0 Å². The summed E-state index contributed by atoms with van der Waals surface area (Å²) in [7, 11) is 0. The number of hydrogen-bond acceptors (Lipinski definition) is 6. The topological polar surface area (TPSA) is 80.5 Å². The zero-order valence-electron chi connectivity index (χ0n) is 15.3. The molecule has 1 fully saturated rings. The smallest absolute Gasteiger partial charge is 0.258 e. The van der Waals surface area contributed by atoms with E-state index in [9.17, 15) is 4.79 Å². The summed E-state index contributed by atoms with van der Waals surface area (Å²) in [5, 5.41) is 7.58. The van der Waals surface area contributed by atoms with E-state index in [2.05, 4.69) is 34.2 Å². The van der Waals surface area contributed by atoms with Gasteiger partial charge in [0.2, 0.25) is 0 Å². The van der Waals surface area contributed by atoms with Crippen molar-refractivity contribution in [1.82, 2.24) is 20.4 Å². The fourth-order valence-electron chi connectivity index (χ4n) is 3.28. The van der Waals surface area contributed by atoms with Crippen LogP contribution in [0.1, 0.15) is 35.6 Å². The van der Waals surface area contributed by atoms with Crippen molar-refractivity contribution in [3.63, 3.8) is 0 Å². The van der Waals surface area contributed by atoms with Crippen molar-refractivity contribution >= 4 is 17.0 Å². The number of carbonyl (C=O) groups is 1. The largest absolute Gasteiger partial charge is 0.374 e. The first-order valence-corrected chi connectivity index (χ1v) is 8.80. The van der Waals surface area contributed by atoms with Crippen molar-refractivity contribution < 1.29 is 14.1 Å². The summed E-state index contributed by atoms with van der Waals surface area (Å²) < 4.78 is 11.0. The van der Waals surface area contributed by atoms with Gasteiger partial charge in [-0.1, -0.05) is 19.0 Å². The Hall–Kier alpha value is -1.99. The van der Waals surface area contributed by atoms with Gasteiger partial charge in [-0.15, -0.1) is 0 Å². The molecule has 1 aliphatic heterocycles. The number of fused-ring (bicyclic) bond motifs is 1. The lowest BCUT2D eigenvalue weighted by Crippen LogP contribution is -2.48. The summed E-state index contributed by atoms with van der Waals surface area (Å²) in [5.41, 5.74) is 2.35. The average molecular weight is 346 g/mol. The van der Waals surface area contributed by atoms with Gasteiger partial charge < -0.3 is 14.6 Å². The lowest BCUT2D eigenvalue weighted by atomic mass is 10.1. The number of nitrogens with one attached hydrogen (secondary N) is 1. The third kappa shape index (κ3) is 4.16. The number of nitrogens with zero attached hydrogens (tertiary/aromatic N) is 3. The van der Waals surface area contributed by atoms with Crippen molar-refractivity contribution in [3.05, 3.63) is 23.0 Å². The van der Waals surface area contributed by atoms with Crippen LogP contribution in [0.25, 0.3) is 11.1 Å². The number of rotatable bonds is 5. The highest BCUT2D eigenvalue weighted by atomic mass is 16.5. The Morgan fingerprint density at radius 1 is 1.44 bits per heavy atom. The molecule has 3 rings (SSSR count). The van der Waals surface area contributed by atoms with Crippen LogP contribution in [0.15, 0.2) is 10.6 Å². The molecule has 1 atom stereocenters. The van der Waals surface area contributed by atoms with Crippen LogP contribution in [0, 0.1) is 19.8 Å². The van der Waals surface area contributed by atoms with Gasteiger partial charge in [-0.3, -0.25) is 9.69 Å². The van der Waals surface area contributed by atoms with Crippen molar-refractivity contribution in [2.75, 3.05) is 32.8 Å². The van der Waals surface area contributed by atoms with E-state index >= 15 is 0 Å². The number of ether oxygens (including phenoxy) is 1. The Kier molecular flexibility index (Phi) is 5.34. The van der Waals surface area contributed by atoms with E-state index in [-0.39, 0.29) is 12.0 Å². The standard InChI is InChI=1S/C18H26N4O3/c1-11(2)9-22-5-6-24-14(10-22)8-19-17(23)15-7-12(3)20-18-16(15)13(4)21-25-18/h7,11,14H,5-6,8-10H2,1-4H3,(H,19,23). The van der Waals surface area contributed by atoms with Gasteiger partial charge in [0.05, 0.1) is 29.4 Å². The van der Waals surface area contributed by atoms with E-state index in [1.54, 1.807) is 6.07 Å². The molecule has 0 aromatic carbocycles. The van der Waals surface area contributed by atoms with E-state index in [0.717, 1.165) is 25.3 Å². The van der Waals surface area contributed by atoms with Crippen molar-refractivity contribution in [1.29, 1.82) is 0 Å².